The molecule has 0 atom stereocenters. The number of aromatic nitrogens is 3. The van der Waals surface area contributed by atoms with E-state index >= 15 is 0 Å². The van der Waals surface area contributed by atoms with Gasteiger partial charge in [0, 0.05) is 30.8 Å². The van der Waals surface area contributed by atoms with Gasteiger partial charge in [0.25, 0.3) is 0 Å². The third-order valence-electron chi connectivity index (χ3n) is 4.04. The van der Waals surface area contributed by atoms with Crippen molar-refractivity contribution in [2.75, 3.05) is 7.05 Å². The van der Waals surface area contributed by atoms with Gasteiger partial charge in [-0.15, -0.1) is 0 Å². The van der Waals surface area contributed by atoms with Gasteiger partial charge < -0.3 is 9.88 Å². The van der Waals surface area contributed by atoms with E-state index in [4.69, 9.17) is 0 Å². The summed E-state index contributed by atoms with van der Waals surface area (Å²) in [4.78, 5) is 14.2. The molecule has 0 unspecified atom stereocenters. The number of rotatable bonds is 6. The molecule has 0 spiro atoms. The van der Waals surface area contributed by atoms with E-state index in [0.717, 1.165) is 45.3 Å². The lowest BCUT2D eigenvalue weighted by molar-refractivity contribution is 0.574. The molecule has 2 heterocycles. The maximum atomic E-state index is 4.52. The molecule has 0 aromatic carbocycles. The zero-order chi connectivity index (χ0) is 18.6. The molecule has 4 heteroatoms. The normalized spacial score (nSPS) is 12.2. The summed E-state index contributed by atoms with van der Waals surface area (Å²) >= 11 is 0. The van der Waals surface area contributed by atoms with Gasteiger partial charge in [-0.25, -0.2) is 4.98 Å². The number of pyridine rings is 1. The predicted molar refractivity (Wildman–Crippen MR) is 107 cm³/mol. The molecule has 0 fully saturated rings. The summed E-state index contributed by atoms with van der Waals surface area (Å²) in [7, 11) is 1.98. The molecule has 0 bridgehead atoms. The Morgan fingerprint density at radius 3 is 2.56 bits per heavy atom. The maximum Gasteiger partial charge on any atom is 0.103 e. The van der Waals surface area contributed by atoms with Crippen molar-refractivity contribution in [3.05, 3.63) is 77.9 Å². The molecule has 2 aromatic rings. The summed E-state index contributed by atoms with van der Waals surface area (Å²) in [6, 6.07) is 4.06. The van der Waals surface area contributed by atoms with Crippen LogP contribution in [0.4, 0.5) is 0 Å². The lowest BCUT2D eigenvalue weighted by atomic mass is 10.0. The van der Waals surface area contributed by atoms with Gasteiger partial charge in [0.05, 0.1) is 11.4 Å². The van der Waals surface area contributed by atoms with Crippen LogP contribution >= 0.6 is 0 Å². The van der Waals surface area contributed by atoms with Crippen LogP contribution in [0.15, 0.2) is 49.5 Å². The van der Waals surface area contributed by atoms with Crippen LogP contribution in [0.5, 0.6) is 0 Å². The molecular formula is C21H26N4. The smallest absolute Gasteiger partial charge is 0.103 e. The Hall–Kier alpha value is -2.88. The zero-order valence-electron chi connectivity index (χ0n) is 15.7. The summed E-state index contributed by atoms with van der Waals surface area (Å²) in [5, 5.41) is 0. The SMILES string of the molecule is C=C/C(=C\c1nc(C)[nH]c1C)c1ccnc(/C(C)=C/N(C)C(=C)C)c1. The van der Waals surface area contributed by atoms with E-state index in [1.807, 2.05) is 70.3 Å². The number of aromatic amines is 1. The molecule has 0 amide bonds. The van der Waals surface area contributed by atoms with Crippen molar-refractivity contribution >= 4 is 17.2 Å². The number of nitrogens with zero attached hydrogens (tertiary/aromatic N) is 3. The third kappa shape index (κ3) is 4.57. The fourth-order valence-electron chi connectivity index (χ4n) is 2.47. The molecule has 0 saturated heterocycles. The standard InChI is InChI=1S/C21H26N4/c1-8-18(11-21-16(5)23-17(6)24-21)19-9-10-22-20(12-19)15(4)13-25(7)14(2)3/h8-13H,1-2H2,3-7H3,(H,23,24)/b15-13+,18-11+. The molecule has 0 aliphatic rings. The average molecular weight is 334 g/mol. The second-order valence-electron chi connectivity index (χ2n) is 6.22. The van der Waals surface area contributed by atoms with Crippen LogP contribution in [-0.2, 0) is 0 Å². The zero-order valence-corrected chi connectivity index (χ0v) is 15.7. The van der Waals surface area contributed by atoms with Gasteiger partial charge >= 0.3 is 0 Å². The first-order valence-electron chi connectivity index (χ1n) is 8.22. The Balaban J connectivity index is 2.41. The van der Waals surface area contributed by atoms with E-state index < -0.39 is 0 Å². The molecule has 25 heavy (non-hydrogen) atoms. The summed E-state index contributed by atoms with van der Waals surface area (Å²) in [5.74, 6) is 0.907. The minimum atomic E-state index is 0.907. The van der Waals surface area contributed by atoms with Gasteiger partial charge in [-0.3, -0.25) is 4.98 Å². The van der Waals surface area contributed by atoms with Gasteiger partial charge in [-0.2, -0.15) is 0 Å². The second kappa shape index (κ2) is 7.79. The van der Waals surface area contributed by atoms with Gasteiger partial charge in [-0.05, 0) is 62.6 Å². The Bertz CT molecular complexity index is 853. The van der Waals surface area contributed by atoms with E-state index in [-0.39, 0.29) is 0 Å². The summed E-state index contributed by atoms with van der Waals surface area (Å²) < 4.78 is 0. The molecule has 130 valence electrons. The van der Waals surface area contributed by atoms with Crippen LogP contribution in [0.2, 0.25) is 0 Å². The lowest BCUT2D eigenvalue weighted by Crippen LogP contribution is -2.07. The van der Waals surface area contributed by atoms with Crippen molar-refractivity contribution < 1.29 is 0 Å². The van der Waals surface area contributed by atoms with Crippen molar-refractivity contribution in [1.82, 2.24) is 19.9 Å². The Morgan fingerprint density at radius 1 is 1.28 bits per heavy atom. The Morgan fingerprint density at radius 2 is 2.00 bits per heavy atom. The molecule has 2 rings (SSSR count). The first-order chi connectivity index (χ1) is 11.8. The highest BCUT2D eigenvalue weighted by atomic mass is 15.1. The fourth-order valence-corrected chi connectivity index (χ4v) is 2.47. The second-order valence-corrected chi connectivity index (χ2v) is 6.22. The molecule has 0 aliphatic carbocycles. The Labute approximate surface area is 150 Å². The van der Waals surface area contributed by atoms with Crippen LogP contribution in [0.3, 0.4) is 0 Å². The highest BCUT2D eigenvalue weighted by molar-refractivity contribution is 5.87. The van der Waals surface area contributed by atoms with E-state index in [1.165, 1.54) is 0 Å². The molecule has 0 saturated carbocycles. The van der Waals surface area contributed by atoms with Gasteiger partial charge in [-0.1, -0.05) is 19.2 Å². The number of hydrogen-bond donors (Lipinski definition) is 1. The highest BCUT2D eigenvalue weighted by Gasteiger charge is 2.07. The van der Waals surface area contributed by atoms with Gasteiger partial charge in [0.1, 0.15) is 5.82 Å². The van der Waals surface area contributed by atoms with E-state index in [2.05, 4.69) is 34.2 Å². The van der Waals surface area contributed by atoms with Crippen LogP contribution in [0, 0.1) is 13.8 Å². The summed E-state index contributed by atoms with van der Waals surface area (Å²) in [6.45, 7) is 15.9. The monoisotopic (exact) mass is 334 g/mol. The molecule has 2 aromatic heterocycles. The first kappa shape index (κ1) is 18.5. The van der Waals surface area contributed by atoms with Gasteiger partial charge in [0.2, 0.25) is 0 Å². The molecule has 0 radical (unpaired) electrons. The molecule has 0 aliphatic heterocycles. The predicted octanol–water partition coefficient (Wildman–Crippen LogP) is 4.97. The minimum absolute atomic E-state index is 0.907. The number of hydrogen-bond acceptors (Lipinski definition) is 3. The van der Waals surface area contributed by atoms with Crippen LogP contribution in [0.1, 0.15) is 42.3 Å². The highest BCUT2D eigenvalue weighted by Crippen LogP contribution is 2.23. The third-order valence-corrected chi connectivity index (χ3v) is 4.04. The van der Waals surface area contributed by atoms with Crippen molar-refractivity contribution in [1.29, 1.82) is 0 Å². The van der Waals surface area contributed by atoms with Crippen LogP contribution < -0.4 is 0 Å². The topological polar surface area (TPSA) is 44.8 Å². The maximum absolute atomic E-state index is 4.52. The number of nitrogens with one attached hydrogen (secondary N) is 1. The average Bonchev–Trinajstić information content (AvgIpc) is 2.89. The van der Waals surface area contributed by atoms with Crippen molar-refractivity contribution in [3.8, 4) is 0 Å². The molecule has 1 N–H and O–H groups in total. The van der Waals surface area contributed by atoms with Crippen LogP contribution in [-0.4, -0.2) is 26.9 Å². The van der Waals surface area contributed by atoms with Crippen molar-refractivity contribution in [2.45, 2.75) is 27.7 Å². The number of imidazole rings is 1. The quantitative estimate of drug-likeness (QED) is 0.758. The molecule has 4 nitrogen and oxygen atoms in total. The van der Waals surface area contributed by atoms with Crippen molar-refractivity contribution in [2.24, 2.45) is 0 Å². The number of aryl methyl sites for hydroxylation is 2. The fraction of sp³-hybridized carbons (Fsp3) is 0.238. The molecular weight excluding hydrogens is 308 g/mol. The van der Waals surface area contributed by atoms with E-state index in [9.17, 15) is 0 Å². The van der Waals surface area contributed by atoms with Crippen LogP contribution in [0.25, 0.3) is 17.2 Å². The van der Waals surface area contributed by atoms with E-state index in [0.29, 0.717) is 0 Å². The Kier molecular flexibility index (Phi) is 5.75. The summed E-state index contributed by atoms with van der Waals surface area (Å²) in [6.07, 6.45) is 7.75. The number of allylic oxidation sites excluding steroid dienone is 4. The van der Waals surface area contributed by atoms with E-state index in [1.54, 1.807) is 0 Å². The first-order valence-corrected chi connectivity index (χ1v) is 8.22. The number of H-pyrrole nitrogens is 1. The van der Waals surface area contributed by atoms with Gasteiger partial charge in [0.15, 0.2) is 0 Å². The summed E-state index contributed by atoms with van der Waals surface area (Å²) in [5.41, 5.74) is 7.03. The minimum Gasteiger partial charge on any atom is -0.355 e. The van der Waals surface area contributed by atoms with Crippen molar-refractivity contribution in [3.63, 3.8) is 0 Å². The largest absolute Gasteiger partial charge is 0.355 e. The lowest BCUT2D eigenvalue weighted by Gasteiger charge is -2.15.